The minimum absolute atomic E-state index is 0.244. The normalized spacial score (nSPS) is 17.6. The Morgan fingerprint density at radius 1 is 1.12 bits per heavy atom. The number of rotatable bonds is 6. The fraction of sp³-hybridized carbons (Fsp3) is 0.292. The number of hydrogen-bond donors (Lipinski definition) is 0. The van der Waals surface area contributed by atoms with E-state index in [1.807, 2.05) is 31.2 Å². The van der Waals surface area contributed by atoms with Crippen LogP contribution in [-0.4, -0.2) is 59.7 Å². The maximum absolute atomic E-state index is 12.9. The molecule has 0 aliphatic carbocycles. The summed E-state index contributed by atoms with van der Waals surface area (Å²) in [5.41, 5.74) is 3.08. The largest absolute Gasteiger partial charge is 0.487 e. The predicted octanol–water partition coefficient (Wildman–Crippen LogP) is 4.68. The molecule has 2 aliphatic rings. The molecule has 0 unspecified atom stereocenters. The third-order valence-electron chi connectivity index (χ3n) is 5.35. The molecule has 10 heteroatoms. The van der Waals surface area contributed by atoms with E-state index in [-0.39, 0.29) is 12.5 Å². The monoisotopic (exact) mass is 704 g/mol. The van der Waals surface area contributed by atoms with Gasteiger partial charge in [-0.2, -0.15) is 0 Å². The van der Waals surface area contributed by atoms with Crippen molar-refractivity contribution in [3.8, 4) is 5.75 Å². The summed E-state index contributed by atoms with van der Waals surface area (Å²) in [5, 5.41) is -0.430. The highest BCUT2D eigenvalue weighted by atomic mass is 127. The van der Waals surface area contributed by atoms with Crippen molar-refractivity contribution in [2.75, 3.05) is 32.8 Å². The summed E-state index contributed by atoms with van der Waals surface area (Å²) in [6, 6.07) is 12.0. The van der Waals surface area contributed by atoms with Gasteiger partial charge in [0.15, 0.2) is 0 Å². The van der Waals surface area contributed by atoms with Gasteiger partial charge in [-0.15, -0.1) is 0 Å². The quantitative estimate of drug-likeness (QED) is 0.322. The van der Waals surface area contributed by atoms with E-state index in [1.54, 1.807) is 11.0 Å². The number of ether oxygens (including phenoxy) is 2. The zero-order chi connectivity index (χ0) is 24.2. The van der Waals surface area contributed by atoms with Crippen LogP contribution in [0.4, 0.5) is 4.79 Å². The van der Waals surface area contributed by atoms with Crippen LogP contribution in [0.3, 0.4) is 0 Å². The first-order chi connectivity index (χ1) is 16.3. The first kappa shape index (κ1) is 25.5. The molecule has 2 fully saturated rings. The molecule has 4 rings (SSSR count). The Morgan fingerprint density at radius 3 is 2.41 bits per heavy atom. The second-order valence-corrected chi connectivity index (χ2v) is 11.2. The van der Waals surface area contributed by atoms with Gasteiger partial charge in [0.05, 0.1) is 25.3 Å². The van der Waals surface area contributed by atoms with Crippen molar-refractivity contribution < 1.29 is 23.9 Å². The Balaban J connectivity index is 1.44. The number of thioether (sulfide) groups is 1. The minimum atomic E-state index is -0.443. The summed E-state index contributed by atoms with van der Waals surface area (Å²) in [6.07, 6.45) is 1.69. The van der Waals surface area contributed by atoms with Crippen LogP contribution in [-0.2, 0) is 20.9 Å². The fourth-order valence-corrected chi connectivity index (χ4v) is 6.44. The summed E-state index contributed by atoms with van der Waals surface area (Å²) >= 11 is 5.28. The van der Waals surface area contributed by atoms with Gasteiger partial charge in [0.1, 0.15) is 18.9 Å². The van der Waals surface area contributed by atoms with Crippen LogP contribution in [0.2, 0.25) is 0 Å². The maximum atomic E-state index is 12.9. The van der Waals surface area contributed by atoms with Gasteiger partial charge >= 0.3 is 0 Å². The van der Waals surface area contributed by atoms with Crippen molar-refractivity contribution >= 4 is 80.1 Å². The van der Waals surface area contributed by atoms with Gasteiger partial charge in [0.2, 0.25) is 5.91 Å². The van der Waals surface area contributed by atoms with E-state index in [4.69, 9.17) is 9.47 Å². The first-order valence-electron chi connectivity index (χ1n) is 10.6. The van der Waals surface area contributed by atoms with Crippen LogP contribution < -0.4 is 4.74 Å². The molecule has 0 aromatic heterocycles. The molecule has 7 nitrogen and oxygen atoms in total. The highest BCUT2D eigenvalue weighted by Crippen LogP contribution is 2.35. The van der Waals surface area contributed by atoms with Gasteiger partial charge in [-0.3, -0.25) is 19.3 Å². The van der Waals surface area contributed by atoms with Crippen LogP contribution in [0, 0.1) is 14.1 Å². The zero-order valence-corrected chi connectivity index (χ0v) is 23.5. The lowest BCUT2D eigenvalue weighted by atomic mass is 10.1. The molecule has 0 N–H and O–H groups in total. The molecule has 0 radical (unpaired) electrons. The standard InChI is InChI=1S/C24H22I2N2O5S/c1-15-2-4-16(5-3-15)14-33-22-18(25)10-17(11-19(22)26)12-20-23(30)28(24(31)34-20)13-21(29)27-6-8-32-9-7-27/h2-5,10-12H,6-9,13-14H2,1H3/b20-12-. The average Bonchev–Trinajstić information content (AvgIpc) is 3.07. The van der Waals surface area contributed by atoms with Crippen molar-refractivity contribution in [2.45, 2.75) is 13.5 Å². The molecule has 0 spiro atoms. The Bertz CT molecular complexity index is 1120. The molecule has 3 amide bonds. The van der Waals surface area contributed by atoms with E-state index < -0.39 is 11.1 Å². The van der Waals surface area contributed by atoms with E-state index >= 15 is 0 Å². The van der Waals surface area contributed by atoms with Gasteiger partial charge in [-0.05, 0) is 93.2 Å². The molecule has 2 aromatic carbocycles. The topological polar surface area (TPSA) is 76.2 Å². The van der Waals surface area contributed by atoms with E-state index in [0.29, 0.717) is 37.8 Å². The molecule has 0 bridgehead atoms. The molecule has 34 heavy (non-hydrogen) atoms. The first-order valence-corrected chi connectivity index (χ1v) is 13.6. The van der Waals surface area contributed by atoms with Crippen molar-refractivity contribution in [3.63, 3.8) is 0 Å². The van der Waals surface area contributed by atoms with E-state index in [0.717, 1.165) is 40.7 Å². The van der Waals surface area contributed by atoms with Crippen LogP contribution in [0.5, 0.6) is 5.75 Å². The molecule has 2 aromatic rings. The number of nitrogens with zero attached hydrogens (tertiary/aromatic N) is 2. The smallest absolute Gasteiger partial charge is 0.294 e. The molecular weight excluding hydrogens is 682 g/mol. The Morgan fingerprint density at radius 2 is 1.76 bits per heavy atom. The highest BCUT2D eigenvalue weighted by Gasteiger charge is 2.37. The van der Waals surface area contributed by atoms with Crippen molar-refractivity contribution in [3.05, 3.63) is 65.1 Å². The minimum Gasteiger partial charge on any atom is -0.487 e. The molecule has 0 atom stereocenters. The highest BCUT2D eigenvalue weighted by molar-refractivity contribution is 14.1. The number of morpholine rings is 1. The molecule has 2 heterocycles. The molecule has 178 valence electrons. The Hall–Kier alpha value is -1.64. The number of aryl methyl sites for hydroxylation is 1. The molecule has 0 saturated carbocycles. The maximum Gasteiger partial charge on any atom is 0.294 e. The van der Waals surface area contributed by atoms with Crippen LogP contribution >= 0.6 is 56.9 Å². The number of amides is 3. The lowest BCUT2D eigenvalue weighted by Crippen LogP contribution is -2.46. The number of carbonyl (C=O) groups is 3. The van der Waals surface area contributed by atoms with Crippen molar-refractivity contribution in [2.24, 2.45) is 0 Å². The number of benzene rings is 2. The third-order valence-corrected chi connectivity index (χ3v) is 7.86. The van der Waals surface area contributed by atoms with Gasteiger partial charge < -0.3 is 14.4 Å². The summed E-state index contributed by atoms with van der Waals surface area (Å²) in [7, 11) is 0. The van der Waals surface area contributed by atoms with Crippen molar-refractivity contribution in [1.82, 2.24) is 9.80 Å². The number of hydrogen-bond acceptors (Lipinski definition) is 6. The van der Waals surface area contributed by atoms with E-state index in [2.05, 4.69) is 57.3 Å². The van der Waals surface area contributed by atoms with Crippen LogP contribution in [0.1, 0.15) is 16.7 Å². The number of halogens is 2. The SMILES string of the molecule is Cc1ccc(COc2c(I)cc(/C=C3\SC(=O)N(CC(=O)N4CCOCC4)C3=O)cc2I)cc1. The summed E-state index contributed by atoms with van der Waals surface area (Å²) < 4.78 is 13.1. The van der Waals surface area contributed by atoms with Gasteiger partial charge in [-0.1, -0.05) is 29.8 Å². The Labute approximate surface area is 229 Å². The number of carbonyl (C=O) groups excluding carboxylic acids is 3. The summed E-state index contributed by atoms with van der Waals surface area (Å²) in [5.74, 6) is 0.0930. The fourth-order valence-electron chi connectivity index (χ4n) is 3.48. The van der Waals surface area contributed by atoms with E-state index in [1.165, 1.54) is 5.56 Å². The summed E-state index contributed by atoms with van der Waals surface area (Å²) in [6.45, 7) is 4.14. The third kappa shape index (κ3) is 6.13. The lowest BCUT2D eigenvalue weighted by Gasteiger charge is -2.28. The van der Waals surface area contributed by atoms with E-state index in [9.17, 15) is 14.4 Å². The second-order valence-electron chi connectivity index (χ2n) is 7.85. The summed E-state index contributed by atoms with van der Waals surface area (Å²) in [4.78, 5) is 40.7. The number of imide groups is 1. The predicted molar refractivity (Wildman–Crippen MR) is 147 cm³/mol. The average molecular weight is 704 g/mol. The Kier molecular flexibility index (Phi) is 8.53. The van der Waals surface area contributed by atoms with Crippen LogP contribution in [0.15, 0.2) is 41.3 Å². The van der Waals surface area contributed by atoms with Gasteiger partial charge in [-0.25, -0.2) is 0 Å². The zero-order valence-electron chi connectivity index (χ0n) is 18.4. The molecule has 2 aliphatic heterocycles. The van der Waals surface area contributed by atoms with Crippen molar-refractivity contribution in [1.29, 1.82) is 0 Å². The van der Waals surface area contributed by atoms with Crippen LogP contribution in [0.25, 0.3) is 6.08 Å². The second kappa shape index (κ2) is 11.4. The lowest BCUT2D eigenvalue weighted by molar-refractivity contribution is -0.139. The van der Waals surface area contributed by atoms with Gasteiger partial charge in [0.25, 0.3) is 11.1 Å². The van der Waals surface area contributed by atoms with Gasteiger partial charge in [0, 0.05) is 13.1 Å². The molecular formula is C24H22I2N2O5S. The molecule has 2 saturated heterocycles.